The van der Waals surface area contributed by atoms with Gasteiger partial charge >= 0.3 is 0 Å². The second kappa shape index (κ2) is 7.51. The number of rotatable bonds is 4. The summed E-state index contributed by atoms with van der Waals surface area (Å²) in [6.45, 7) is 14.8. The van der Waals surface area contributed by atoms with Crippen LogP contribution in [-0.2, 0) is 0 Å². The zero-order valence-electron chi connectivity index (χ0n) is 15.6. The molecule has 0 heteroatoms. The summed E-state index contributed by atoms with van der Waals surface area (Å²) in [6.07, 6.45) is 10.6. The molecule has 2 aliphatic rings. The van der Waals surface area contributed by atoms with E-state index >= 15 is 0 Å². The number of hydrogen-bond acceptors (Lipinski definition) is 0. The molecule has 21 heavy (non-hydrogen) atoms. The van der Waals surface area contributed by atoms with Gasteiger partial charge < -0.3 is 0 Å². The molecule has 0 radical (unpaired) electrons. The Morgan fingerprint density at radius 2 is 1.24 bits per heavy atom. The molecule has 2 aliphatic carbocycles. The Morgan fingerprint density at radius 3 is 1.81 bits per heavy atom. The maximum Gasteiger partial charge on any atom is -0.0352 e. The summed E-state index contributed by atoms with van der Waals surface area (Å²) in [5.41, 5.74) is 0. The molecular weight excluding hydrogens is 252 g/mol. The molecular formula is C21H40. The van der Waals surface area contributed by atoms with E-state index in [1.807, 2.05) is 0 Å². The first kappa shape index (κ1) is 17.4. The lowest BCUT2D eigenvalue weighted by Gasteiger charge is -2.46. The van der Waals surface area contributed by atoms with E-state index in [0.717, 1.165) is 47.3 Å². The van der Waals surface area contributed by atoms with Gasteiger partial charge in [0, 0.05) is 0 Å². The zero-order valence-corrected chi connectivity index (χ0v) is 15.6. The largest absolute Gasteiger partial charge is 0.0625 e. The summed E-state index contributed by atoms with van der Waals surface area (Å²) in [5.74, 6) is 7.78. The van der Waals surface area contributed by atoms with Crippen molar-refractivity contribution in [1.29, 1.82) is 0 Å². The van der Waals surface area contributed by atoms with E-state index in [-0.39, 0.29) is 0 Å². The molecule has 2 fully saturated rings. The summed E-state index contributed by atoms with van der Waals surface area (Å²) in [5, 5.41) is 0. The van der Waals surface area contributed by atoms with E-state index in [2.05, 4.69) is 41.5 Å². The lowest BCUT2D eigenvalue weighted by atomic mass is 9.59. The standard InChI is InChI=1S/C21H40/c1-14(2)17-8-7-9-19(12-17)21-13-18(15(3)4)10-11-20(21)16(5)6/h14-21H,7-13H2,1-6H3. The zero-order chi connectivity index (χ0) is 15.6. The average molecular weight is 293 g/mol. The summed E-state index contributed by atoms with van der Waals surface area (Å²) < 4.78 is 0. The molecule has 0 nitrogen and oxygen atoms in total. The predicted molar refractivity (Wildman–Crippen MR) is 94.3 cm³/mol. The van der Waals surface area contributed by atoms with Gasteiger partial charge in [-0.05, 0) is 73.0 Å². The van der Waals surface area contributed by atoms with Gasteiger partial charge in [-0.1, -0.05) is 60.8 Å². The van der Waals surface area contributed by atoms with Gasteiger partial charge in [0.25, 0.3) is 0 Å². The Labute approximate surface area is 134 Å². The lowest BCUT2D eigenvalue weighted by Crippen LogP contribution is -2.37. The summed E-state index contributed by atoms with van der Waals surface area (Å²) in [4.78, 5) is 0. The van der Waals surface area contributed by atoms with Gasteiger partial charge in [0.05, 0.1) is 0 Å². The monoisotopic (exact) mass is 292 g/mol. The summed E-state index contributed by atoms with van der Waals surface area (Å²) in [6, 6.07) is 0. The van der Waals surface area contributed by atoms with Gasteiger partial charge in [-0.3, -0.25) is 0 Å². The van der Waals surface area contributed by atoms with Gasteiger partial charge in [0.15, 0.2) is 0 Å². The van der Waals surface area contributed by atoms with Crippen molar-refractivity contribution in [2.24, 2.45) is 47.3 Å². The minimum absolute atomic E-state index is 0.891. The molecule has 5 unspecified atom stereocenters. The van der Waals surface area contributed by atoms with Gasteiger partial charge in [-0.15, -0.1) is 0 Å². The normalized spacial score (nSPS) is 38.4. The van der Waals surface area contributed by atoms with E-state index in [0.29, 0.717) is 0 Å². The fourth-order valence-electron chi connectivity index (χ4n) is 5.50. The van der Waals surface area contributed by atoms with Crippen LogP contribution in [0.4, 0.5) is 0 Å². The smallest absolute Gasteiger partial charge is 0.0352 e. The predicted octanol–water partition coefficient (Wildman–Crippen LogP) is 6.79. The van der Waals surface area contributed by atoms with Crippen LogP contribution in [0.25, 0.3) is 0 Å². The Balaban J connectivity index is 2.07. The van der Waals surface area contributed by atoms with Crippen LogP contribution in [0.5, 0.6) is 0 Å². The van der Waals surface area contributed by atoms with Crippen LogP contribution >= 0.6 is 0 Å². The van der Waals surface area contributed by atoms with E-state index in [4.69, 9.17) is 0 Å². The van der Waals surface area contributed by atoms with Crippen molar-refractivity contribution >= 4 is 0 Å². The maximum atomic E-state index is 2.48. The third kappa shape index (κ3) is 4.26. The van der Waals surface area contributed by atoms with E-state index in [1.54, 1.807) is 0 Å². The highest BCUT2D eigenvalue weighted by atomic mass is 14.4. The van der Waals surface area contributed by atoms with Gasteiger partial charge in [-0.25, -0.2) is 0 Å². The first-order valence-corrected chi connectivity index (χ1v) is 9.90. The Bertz CT molecular complexity index is 301. The quantitative estimate of drug-likeness (QED) is 0.535. The van der Waals surface area contributed by atoms with Crippen LogP contribution in [0.3, 0.4) is 0 Å². The fourth-order valence-corrected chi connectivity index (χ4v) is 5.50. The molecule has 0 aliphatic heterocycles. The molecule has 0 saturated heterocycles. The van der Waals surface area contributed by atoms with Gasteiger partial charge in [0.1, 0.15) is 0 Å². The van der Waals surface area contributed by atoms with E-state index in [9.17, 15) is 0 Å². The van der Waals surface area contributed by atoms with Crippen molar-refractivity contribution in [2.75, 3.05) is 0 Å². The molecule has 0 aromatic heterocycles. The molecule has 0 aromatic rings. The Kier molecular flexibility index (Phi) is 6.21. The van der Waals surface area contributed by atoms with Gasteiger partial charge in [0.2, 0.25) is 0 Å². The fraction of sp³-hybridized carbons (Fsp3) is 1.00. The maximum absolute atomic E-state index is 2.48. The molecule has 2 rings (SSSR count). The average Bonchev–Trinajstić information content (AvgIpc) is 2.46. The van der Waals surface area contributed by atoms with Crippen molar-refractivity contribution < 1.29 is 0 Å². The van der Waals surface area contributed by atoms with Crippen molar-refractivity contribution in [2.45, 2.75) is 86.5 Å². The van der Waals surface area contributed by atoms with Crippen LogP contribution in [0.15, 0.2) is 0 Å². The van der Waals surface area contributed by atoms with Crippen molar-refractivity contribution in [1.82, 2.24) is 0 Å². The molecule has 0 aromatic carbocycles. The highest BCUT2D eigenvalue weighted by molar-refractivity contribution is 4.89. The molecule has 0 heterocycles. The van der Waals surface area contributed by atoms with Gasteiger partial charge in [-0.2, -0.15) is 0 Å². The topological polar surface area (TPSA) is 0 Å². The second-order valence-electron chi connectivity index (χ2n) is 9.32. The lowest BCUT2D eigenvalue weighted by molar-refractivity contribution is 0.0378. The first-order valence-electron chi connectivity index (χ1n) is 9.90. The molecule has 0 N–H and O–H groups in total. The summed E-state index contributed by atoms with van der Waals surface area (Å²) >= 11 is 0. The molecule has 2 saturated carbocycles. The van der Waals surface area contributed by atoms with E-state index < -0.39 is 0 Å². The van der Waals surface area contributed by atoms with Crippen LogP contribution in [0.1, 0.15) is 86.5 Å². The third-order valence-electron chi connectivity index (χ3n) is 7.10. The van der Waals surface area contributed by atoms with Crippen LogP contribution in [0, 0.1) is 47.3 Å². The first-order chi connectivity index (χ1) is 9.90. The highest BCUT2D eigenvalue weighted by Crippen LogP contribution is 2.49. The third-order valence-corrected chi connectivity index (χ3v) is 7.10. The molecule has 124 valence electrons. The van der Waals surface area contributed by atoms with Crippen LogP contribution < -0.4 is 0 Å². The van der Waals surface area contributed by atoms with Crippen molar-refractivity contribution in [3.05, 3.63) is 0 Å². The molecule has 0 amide bonds. The summed E-state index contributed by atoms with van der Waals surface area (Å²) in [7, 11) is 0. The van der Waals surface area contributed by atoms with Crippen LogP contribution in [0.2, 0.25) is 0 Å². The highest BCUT2D eigenvalue weighted by Gasteiger charge is 2.39. The SMILES string of the molecule is CC(C)C1CCCC(C2CC(C(C)C)CCC2C(C)C)C1. The second-order valence-corrected chi connectivity index (χ2v) is 9.32. The molecule has 0 spiro atoms. The van der Waals surface area contributed by atoms with Crippen molar-refractivity contribution in [3.63, 3.8) is 0 Å². The van der Waals surface area contributed by atoms with Crippen LogP contribution in [-0.4, -0.2) is 0 Å². The molecule has 0 bridgehead atoms. The molecule has 5 atom stereocenters. The number of hydrogen-bond donors (Lipinski definition) is 0. The van der Waals surface area contributed by atoms with E-state index in [1.165, 1.54) is 44.9 Å². The Hall–Kier alpha value is 0. The van der Waals surface area contributed by atoms with Crippen molar-refractivity contribution in [3.8, 4) is 0 Å². The minimum atomic E-state index is 0.891. The minimum Gasteiger partial charge on any atom is -0.0625 e. The Morgan fingerprint density at radius 1 is 0.619 bits per heavy atom.